The van der Waals surface area contributed by atoms with Gasteiger partial charge in [-0.25, -0.2) is 0 Å². The van der Waals surface area contributed by atoms with E-state index in [-0.39, 0.29) is 5.41 Å². The van der Waals surface area contributed by atoms with E-state index in [9.17, 15) is 0 Å². The number of hydrogen-bond acceptors (Lipinski definition) is 1. The molecular weight excluding hydrogens is 699 g/mol. The Labute approximate surface area is 340 Å². The Kier molecular flexibility index (Phi) is 7.91. The highest BCUT2D eigenvalue weighted by Gasteiger charge is 2.36. The fourth-order valence-corrected chi connectivity index (χ4v) is 9.28. The van der Waals surface area contributed by atoms with Crippen molar-refractivity contribution in [2.45, 2.75) is 19.3 Å². The predicted molar refractivity (Wildman–Crippen MR) is 248 cm³/mol. The van der Waals surface area contributed by atoms with Crippen molar-refractivity contribution in [2.24, 2.45) is 0 Å². The summed E-state index contributed by atoms with van der Waals surface area (Å²) in [6, 6.07) is 78.1. The Morgan fingerprint density at radius 3 is 1.38 bits per heavy atom. The Morgan fingerprint density at radius 1 is 0.310 bits per heavy atom. The van der Waals surface area contributed by atoms with E-state index in [1.54, 1.807) is 0 Å². The summed E-state index contributed by atoms with van der Waals surface area (Å²) in [4.78, 5) is 2.37. The van der Waals surface area contributed by atoms with Gasteiger partial charge in [-0.15, -0.1) is 0 Å². The predicted octanol–water partition coefficient (Wildman–Crippen LogP) is 15.9. The van der Waals surface area contributed by atoms with Crippen LogP contribution in [0.1, 0.15) is 25.0 Å². The molecule has 0 N–H and O–H groups in total. The smallest absolute Gasteiger partial charge is 0.0540 e. The number of anilines is 3. The first-order valence-corrected chi connectivity index (χ1v) is 20.2. The normalized spacial score (nSPS) is 12.8. The highest BCUT2D eigenvalue weighted by atomic mass is 15.1. The zero-order valence-electron chi connectivity index (χ0n) is 32.7. The topological polar surface area (TPSA) is 3.24 Å². The monoisotopic (exact) mass is 739 g/mol. The van der Waals surface area contributed by atoms with Gasteiger partial charge in [0, 0.05) is 22.2 Å². The first kappa shape index (κ1) is 34.1. The number of para-hydroxylation sites is 1. The molecule has 0 amide bonds. The van der Waals surface area contributed by atoms with Gasteiger partial charge in [-0.1, -0.05) is 166 Å². The van der Waals surface area contributed by atoms with E-state index >= 15 is 0 Å². The van der Waals surface area contributed by atoms with E-state index in [0.717, 1.165) is 11.4 Å². The lowest BCUT2D eigenvalue weighted by Crippen LogP contribution is -2.15. The SMILES string of the molecule is CC1(C)c2cc(-c3ccc(N(c4ccccc4)c4cccc5ccccc45)cc3)ccc2-c2ccc(-c3ccc4cc(-c5ccc6ccccc6c5)ccc4c3)cc21. The molecule has 0 fully saturated rings. The maximum absolute atomic E-state index is 2.43. The minimum Gasteiger partial charge on any atom is -0.310 e. The van der Waals surface area contributed by atoms with Crippen LogP contribution in [0.5, 0.6) is 0 Å². The van der Waals surface area contributed by atoms with Crippen LogP contribution in [-0.4, -0.2) is 0 Å². The quantitative estimate of drug-likeness (QED) is 0.164. The minimum atomic E-state index is -0.138. The molecule has 0 radical (unpaired) electrons. The van der Waals surface area contributed by atoms with Gasteiger partial charge in [0.15, 0.2) is 0 Å². The summed E-state index contributed by atoms with van der Waals surface area (Å²) in [7, 11) is 0. The fraction of sp³-hybridized carbons (Fsp3) is 0.0526. The van der Waals surface area contributed by atoms with Crippen molar-refractivity contribution in [3.63, 3.8) is 0 Å². The van der Waals surface area contributed by atoms with Gasteiger partial charge >= 0.3 is 0 Å². The molecule has 0 saturated carbocycles. The van der Waals surface area contributed by atoms with E-state index in [1.807, 2.05) is 0 Å². The first-order valence-electron chi connectivity index (χ1n) is 20.2. The molecule has 1 heteroatoms. The van der Waals surface area contributed by atoms with Gasteiger partial charge < -0.3 is 4.90 Å². The Hall–Kier alpha value is -7.22. The molecule has 10 aromatic rings. The number of nitrogens with zero attached hydrogens (tertiary/aromatic N) is 1. The lowest BCUT2D eigenvalue weighted by atomic mass is 9.80. The maximum atomic E-state index is 2.43. The second-order valence-electron chi connectivity index (χ2n) is 16.2. The summed E-state index contributed by atoms with van der Waals surface area (Å²) in [6.45, 7) is 4.76. The standard InChI is InChI=1S/C57H41N/c1-57(2)54-36-47(39-25-29-50(30-26-39)58(49-15-4-3-5-16-49)56-18-10-14-40-12-8-9-17-51(40)56)27-31-52(54)53-32-28-48(37-55(53)57)46-24-23-44-34-43(21-22-45(44)35-46)42-20-19-38-11-6-7-13-41(38)33-42/h3-37H,1-2H3. The Morgan fingerprint density at radius 2 is 0.741 bits per heavy atom. The zero-order chi connectivity index (χ0) is 38.8. The molecule has 10 aromatic carbocycles. The summed E-state index contributed by atoms with van der Waals surface area (Å²) in [6.07, 6.45) is 0. The number of rotatable bonds is 6. The third kappa shape index (κ3) is 5.70. The number of fused-ring (bicyclic) bond motifs is 6. The summed E-state index contributed by atoms with van der Waals surface area (Å²) in [5.41, 5.74) is 16.2. The minimum absolute atomic E-state index is 0.138. The highest BCUT2D eigenvalue weighted by molar-refractivity contribution is 5.99. The van der Waals surface area contributed by atoms with E-state index in [0.29, 0.717) is 0 Å². The molecule has 1 nitrogen and oxygen atoms in total. The summed E-state index contributed by atoms with van der Waals surface area (Å²) < 4.78 is 0. The first-order chi connectivity index (χ1) is 28.5. The van der Waals surface area contributed by atoms with Crippen LogP contribution in [0, 0.1) is 0 Å². The van der Waals surface area contributed by atoms with Crippen LogP contribution in [0.15, 0.2) is 212 Å². The molecule has 11 rings (SSSR count). The molecule has 0 aromatic heterocycles. The van der Waals surface area contributed by atoms with Gasteiger partial charge in [-0.05, 0) is 143 Å². The maximum Gasteiger partial charge on any atom is 0.0540 e. The number of hydrogen-bond donors (Lipinski definition) is 0. The van der Waals surface area contributed by atoms with Crippen LogP contribution in [-0.2, 0) is 5.41 Å². The average molecular weight is 740 g/mol. The summed E-state index contributed by atoms with van der Waals surface area (Å²) >= 11 is 0. The van der Waals surface area contributed by atoms with Crippen molar-refractivity contribution < 1.29 is 0 Å². The molecule has 1 aliphatic carbocycles. The number of benzene rings is 10. The molecule has 0 heterocycles. The fourth-order valence-electron chi connectivity index (χ4n) is 9.28. The van der Waals surface area contributed by atoms with Crippen molar-refractivity contribution in [1.82, 2.24) is 0 Å². The van der Waals surface area contributed by atoms with E-state index in [1.165, 1.54) is 93.6 Å². The largest absolute Gasteiger partial charge is 0.310 e. The molecule has 0 saturated heterocycles. The average Bonchev–Trinajstić information content (AvgIpc) is 3.51. The van der Waals surface area contributed by atoms with Gasteiger partial charge in [0.25, 0.3) is 0 Å². The molecule has 1 aliphatic rings. The lowest BCUT2D eigenvalue weighted by molar-refractivity contribution is 0.661. The second kappa shape index (κ2) is 13.5. The molecule has 0 atom stereocenters. The van der Waals surface area contributed by atoms with Gasteiger partial charge in [0.1, 0.15) is 0 Å². The third-order valence-electron chi connectivity index (χ3n) is 12.4. The van der Waals surface area contributed by atoms with Crippen LogP contribution < -0.4 is 4.90 Å². The summed E-state index contributed by atoms with van der Waals surface area (Å²) in [5.74, 6) is 0. The van der Waals surface area contributed by atoms with Crippen LogP contribution in [0.4, 0.5) is 17.1 Å². The van der Waals surface area contributed by atoms with Crippen LogP contribution >= 0.6 is 0 Å². The molecule has 0 aliphatic heterocycles. The third-order valence-corrected chi connectivity index (χ3v) is 12.4. The van der Waals surface area contributed by atoms with Crippen molar-refractivity contribution in [3.05, 3.63) is 223 Å². The van der Waals surface area contributed by atoms with Gasteiger partial charge in [0.2, 0.25) is 0 Å². The molecule has 0 spiro atoms. The van der Waals surface area contributed by atoms with Crippen LogP contribution in [0.25, 0.3) is 76.8 Å². The highest BCUT2D eigenvalue weighted by Crippen LogP contribution is 2.51. The van der Waals surface area contributed by atoms with Gasteiger partial charge in [0.05, 0.1) is 5.69 Å². The van der Waals surface area contributed by atoms with Crippen molar-refractivity contribution in [3.8, 4) is 44.5 Å². The van der Waals surface area contributed by atoms with Gasteiger partial charge in [-0.2, -0.15) is 0 Å². The van der Waals surface area contributed by atoms with Crippen molar-refractivity contribution in [1.29, 1.82) is 0 Å². The molecule has 0 bridgehead atoms. The van der Waals surface area contributed by atoms with E-state index in [2.05, 4.69) is 231 Å². The van der Waals surface area contributed by atoms with Crippen LogP contribution in [0.2, 0.25) is 0 Å². The molecule has 0 unspecified atom stereocenters. The summed E-state index contributed by atoms with van der Waals surface area (Å²) in [5, 5.41) is 7.51. The molecule has 274 valence electrons. The second-order valence-corrected chi connectivity index (χ2v) is 16.2. The van der Waals surface area contributed by atoms with E-state index < -0.39 is 0 Å². The van der Waals surface area contributed by atoms with Crippen molar-refractivity contribution in [2.75, 3.05) is 4.90 Å². The zero-order valence-corrected chi connectivity index (χ0v) is 32.7. The Bertz CT molecular complexity index is 3180. The Balaban J connectivity index is 0.893. The lowest BCUT2D eigenvalue weighted by Gasteiger charge is -2.27. The van der Waals surface area contributed by atoms with Crippen LogP contribution in [0.3, 0.4) is 0 Å². The molecular formula is C57H41N. The van der Waals surface area contributed by atoms with Crippen molar-refractivity contribution >= 4 is 49.4 Å². The molecule has 58 heavy (non-hydrogen) atoms. The van der Waals surface area contributed by atoms with E-state index in [4.69, 9.17) is 0 Å². The van der Waals surface area contributed by atoms with Gasteiger partial charge in [-0.3, -0.25) is 0 Å².